The summed E-state index contributed by atoms with van der Waals surface area (Å²) >= 11 is 0. The molecule has 2 aromatic rings. The van der Waals surface area contributed by atoms with Gasteiger partial charge < -0.3 is 19.1 Å². The zero-order valence-electron chi connectivity index (χ0n) is 15.7. The van der Waals surface area contributed by atoms with Crippen molar-refractivity contribution in [3.8, 4) is 11.8 Å². The van der Waals surface area contributed by atoms with Gasteiger partial charge in [-0.05, 0) is 18.9 Å². The van der Waals surface area contributed by atoms with Gasteiger partial charge in [0.05, 0.1) is 17.9 Å². The van der Waals surface area contributed by atoms with E-state index >= 15 is 0 Å². The Kier molecular flexibility index (Phi) is 5.96. The van der Waals surface area contributed by atoms with Crippen LogP contribution in [0.4, 0.5) is 0 Å². The molecule has 8 heteroatoms. The highest BCUT2D eigenvalue weighted by Gasteiger charge is 2.25. The van der Waals surface area contributed by atoms with Crippen LogP contribution in [0.15, 0.2) is 36.9 Å². The normalized spacial score (nSPS) is 20.1. The lowest BCUT2D eigenvalue weighted by Gasteiger charge is -2.31. The van der Waals surface area contributed by atoms with Gasteiger partial charge in [-0.2, -0.15) is 0 Å². The van der Waals surface area contributed by atoms with Crippen LogP contribution in [0, 0.1) is 0 Å². The van der Waals surface area contributed by atoms with Crippen molar-refractivity contribution in [2.75, 3.05) is 26.3 Å². The number of nitrogens with zero attached hydrogens (tertiary/aromatic N) is 4. The van der Waals surface area contributed by atoms with Crippen molar-refractivity contribution < 1.29 is 19.0 Å². The van der Waals surface area contributed by atoms with Crippen LogP contribution < -0.4 is 9.47 Å². The number of piperidine rings is 1. The fraction of sp³-hybridized carbons (Fsp3) is 0.500. The number of pyridine rings is 1. The quantitative estimate of drug-likeness (QED) is 0.754. The number of likely N-dealkylation sites (tertiary alicyclic amines) is 1. The van der Waals surface area contributed by atoms with E-state index in [1.54, 1.807) is 36.9 Å². The summed E-state index contributed by atoms with van der Waals surface area (Å²) in [5.41, 5.74) is 0.567. The molecule has 2 aliphatic rings. The van der Waals surface area contributed by atoms with E-state index in [4.69, 9.17) is 14.2 Å². The van der Waals surface area contributed by atoms with Crippen molar-refractivity contribution in [1.29, 1.82) is 0 Å². The van der Waals surface area contributed by atoms with Gasteiger partial charge in [0.25, 0.3) is 5.91 Å². The molecule has 2 fully saturated rings. The number of hydrogen-bond donors (Lipinski definition) is 0. The first-order valence-corrected chi connectivity index (χ1v) is 9.70. The minimum atomic E-state index is -0.0175. The van der Waals surface area contributed by atoms with Crippen LogP contribution in [0.5, 0.6) is 11.8 Å². The third kappa shape index (κ3) is 4.75. The maximum atomic E-state index is 12.7. The standard InChI is InChI=1S/C20H24N4O4/c25-20(15-3-4-18(23-12-15)27-14-17-2-1-11-26-17)24-9-5-16(6-10-24)28-19-13-21-7-8-22-19/h3-4,7-8,12-13,16-17H,1-2,5-6,9-11,14H2. The Hall–Kier alpha value is -2.74. The molecular weight excluding hydrogens is 360 g/mol. The van der Waals surface area contributed by atoms with Crippen molar-refractivity contribution in [2.24, 2.45) is 0 Å². The van der Waals surface area contributed by atoms with E-state index in [1.807, 2.05) is 4.90 Å². The maximum Gasteiger partial charge on any atom is 0.255 e. The first kappa shape index (κ1) is 18.6. The first-order chi connectivity index (χ1) is 13.8. The third-order valence-electron chi connectivity index (χ3n) is 4.98. The fourth-order valence-electron chi connectivity index (χ4n) is 3.42. The van der Waals surface area contributed by atoms with Gasteiger partial charge in [-0.3, -0.25) is 9.78 Å². The summed E-state index contributed by atoms with van der Waals surface area (Å²) in [6.07, 6.45) is 10.2. The predicted octanol–water partition coefficient (Wildman–Crippen LogP) is 2.11. The van der Waals surface area contributed by atoms with E-state index in [-0.39, 0.29) is 18.1 Å². The average Bonchev–Trinajstić information content (AvgIpc) is 3.27. The second-order valence-electron chi connectivity index (χ2n) is 6.98. The van der Waals surface area contributed by atoms with Crippen LogP contribution in [0.2, 0.25) is 0 Å². The topological polar surface area (TPSA) is 86.7 Å². The molecule has 0 N–H and O–H groups in total. The molecule has 2 aliphatic heterocycles. The molecule has 0 saturated carbocycles. The Labute approximate surface area is 163 Å². The molecule has 8 nitrogen and oxygen atoms in total. The number of amides is 1. The summed E-state index contributed by atoms with van der Waals surface area (Å²) in [5, 5.41) is 0. The molecule has 4 heterocycles. The van der Waals surface area contributed by atoms with E-state index in [1.165, 1.54) is 0 Å². The van der Waals surface area contributed by atoms with Gasteiger partial charge in [0.15, 0.2) is 0 Å². The van der Waals surface area contributed by atoms with E-state index in [0.29, 0.717) is 37.0 Å². The van der Waals surface area contributed by atoms with Gasteiger partial charge in [0, 0.05) is 57.2 Å². The largest absolute Gasteiger partial charge is 0.475 e. The van der Waals surface area contributed by atoms with Crippen molar-refractivity contribution >= 4 is 5.91 Å². The zero-order chi connectivity index (χ0) is 19.2. The Bertz CT molecular complexity index is 758. The zero-order valence-corrected chi connectivity index (χ0v) is 15.7. The fourth-order valence-corrected chi connectivity index (χ4v) is 3.42. The van der Waals surface area contributed by atoms with E-state index in [9.17, 15) is 4.79 Å². The Morgan fingerprint density at radius 3 is 2.68 bits per heavy atom. The summed E-state index contributed by atoms with van der Waals surface area (Å²) in [6.45, 7) is 2.58. The molecule has 4 rings (SSSR count). The van der Waals surface area contributed by atoms with Gasteiger partial charge in [0.1, 0.15) is 12.7 Å². The number of ether oxygens (including phenoxy) is 3. The number of carbonyl (C=O) groups is 1. The summed E-state index contributed by atoms with van der Waals surface area (Å²) in [5.74, 6) is 1.02. The molecule has 0 aliphatic carbocycles. The van der Waals surface area contributed by atoms with Gasteiger partial charge in [-0.1, -0.05) is 0 Å². The van der Waals surface area contributed by atoms with Crippen LogP contribution >= 0.6 is 0 Å². The highest BCUT2D eigenvalue weighted by molar-refractivity contribution is 5.94. The molecule has 0 aromatic carbocycles. The highest BCUT2D eigenvalue weighted by atomic mass is 16.5. The van der Waals surface area contributed by atoms with Crippen molar-refractivity contribution in [3.63, 3.8) is 0 Å². The molecule has 148 valence electrons. The van der Waals surface area contributed by atoms with E-state index in [0.717, 1.165) is 32.3 Å². The number of aromatic nitrogens is 3. The lowest BCUT2D eigenvalue weighted by Crippen LogP contribution is -2.41. The Balaban J connectivity index is 1.25. The van der Waals surface area contributed by atoms with Crippen LogP contribution in [0.3, 0.4) is 0 Å². The summed E-state index contributed by atoms with van der Waals surface area (Å²) < 4.78 is 17.0. The van der Waals surface area contributed by atoms with Crippen LogP contribution in [0.1, 0.15) is 36.0 Å². The maximum absolute atomic E-state index is 12.7. The van der Waals surface area contributed by atoms with Crippen LogP contribution in [0.25, 0.3) is 0 Å². The van der Waals surface area contributed by atoms with Crippen molar-refractivity contribution in [1.82, 2.24) is 19.9 Å². The molecular formula is C20H24N4O4. The van der Waals surface area contributed by atoms with E-state index in [2.05, 4.69) is 15.0 Å². The molecule has 28 heavy (non-hydrogen) atoms. The molecule has 2 saturated heterocycles. The van der Waals surface area contributed by atoms with Gasteiger partial charge in [-0.25, -0.2) is 9.97 Å². The SMILES string of the molecule is O=C(c1ccc(OCC2CCCO2)nc1)N1CCC(Oc2cnccn2)CC1. The molecule has 2 aromatic heterocycles. The van der Waals surface area contributed by atoms with Gasteiger partial charge in [-0.15, -0.1) is 0 Å². The Morgan fingerprint density at radius 2 is 2.00 bits per heavy atom. The minimum Gasteiger partial charge on any atom is -0.475 e. The van der Waals surface area contributed by atoms with E-state index < -0.39 is 0 Å². The predicted molar refractivity (Wildman–Crippen MR) is 100 cm³/mol. The summed E-state index contributed by atoms with van der Waals surface area (Å²) in [6, 6.07) is 3.51. The lowest BCUT2D eigenvalue weighted by molar-refractivity contribution is 0.0585. The molecule has 0 spiro atoms. The molecule has 1 unspecified atom stereocenters. The third-order valence-corrected chi connectivity index (χ3v) is 4.98. The first-order valence-electron chi connectivity index (χ1n) is 9.70. The second kappa shape index (κ2) is 8.97. The second-order valence-corrected chi connectivity index (χ2v) is 6.98. The summed E-state index contributed by atoms with van der Waals surface area (Å²) in [4.78, 5) is 26.9. The monoisotopic (exact) mass is 384 g/mol. The van der Waals surface area contributed by atoms with Crippen molar-refractivity contribution in [3.05, 3.63) is 42.5 Å². The number of carbonyl (C=O) groups excluding carboxylic acids is 1. The molecule has 0 radical (unpaired) electrons. The molecule has 1 atom stereocenters. The Morgan fingerprint density at radius 1 is 1.11 bits per heavy atom. The van der Waals surface area contributed by atoms with Gasteiger partial charge in [0.2, 0.25) is 11.8 Å². The minimum absolute atomic E-state index is 0.0175. The van der Waals surface area contributed by atoms with Crippen LogP contribution in [-0.4, -0.2) is 64.3 Å². The van der Waals surface area contributed by atoms with Crippen LogP contribution in [-0.2, 0) is 4.74 Å². The lowest BCUT2D eigenvalue weighted by atomic mass is 10.1. The van der Waals surface area contributed by atoms with Crippen molar-refractivity contribution in [2.45, 2.75) is 37.9 Å². The highest BCUT2D eigenvalue weighted by Crippen LogP contribution is 2.19. The average molecular weight is 384 g/mol. The summed E-state index contributed by atoms with van der Waals surface area (Å²) in [7, 11) is 0. The number of hydrogen-bond acceptors (Lipinski definition) is 7. The molecule has 1 amide bonds. The molecule has 0 bridgehead atoms. The van der Waals surface area contributed by atoms with Gasteiger partial charge >= 0.3 is 0 Å². The number of rotatable bonds is 6. The smallest absolute Gasteiger partial charge is 0.255 e.